The fourth-order valence-electron chi connectivity index (χ4n) is 3.72. The third-order valence-corrected chi connectivity index (χ3v) is 6.44. The average Bonchev–Trinajstić information content (AvgIpc) is 3.27. The molecular formula is C26H26Cl2N4O. The summed E-state index contributed by atoms with van der Waals surface area (Å²) in [4.78, 5) is 19.8. The molecule has 1 amide bonds. The average molecular weight is 481 g/mol. The maximum atomic E-state index is 13.6. The number of nitrogens with zero attached hydrogens (tertiary/aromatic N) is 3. The fourth-order valence-corrected chi connectivity index (χ4v) is 4.04. The number of carbonyl (C=O) groups excluding carboxylic acids is 1. The zero-order chi connectivity index (χ0) is 23.6. The first-order chi connectivity index (χ1) is 15.7. The van der Waals surface area contributed by atoms with E-state index in [2.05, 4.69) is 60.2 Å². The number of amides is 1. The molecule has 0 radical (unpaired) electrons. The highest BCUT2D eigenvalue weighted by atomic mass is 35.5. The molecule has 7 heteroatoms. The molecule has 0 saturated heterocycles. The Bertz CT molecular complexity index is 1280. The molecule has 2 aromatic carbocycles. The fraction of sp³-hybridized carbons (Fsp3) is 0.269. The Morgan fingerprint density at radius 3 is 2.42 bits per heavy atom. The minimum Gasteiger partial charge on any atom is -0.333 e. The van der Waals surface area contributed by atoms with E-state index in [-0.39, 0.29) is 11.3 Å². The summed E-state index contributed by atoms with van der Waals surface area (Å²) in [5.74, 6) is -0.148. The van der Waals surface area contributed by atoms with Gasteiger partial charge in [0.1, 0.15) is 0 Å². The SMILES string of the molecule is CC(C)(C)c1ccc(CN(CCc2ccc(Cl)c(Cl)c2)C(=O)c2nccc3cn[nH]c23)cc1. The molecule has 0 aliphatic rings. The first-order valence-electron chi connectivity index (χ1n) is 10.8. The summed E-state index contributed by atoms with van der Waals surface area (Å²) in [5.41, 5.74) is 4.40. The maximum Gasteiger partial charge on any atom is 0.275 e. The van der Waals surface area contributed by atoms with E-state index in [4.69, 9.17) is 23.2 Å². The lowest BCUT2D eigenvalue weighted by atomic mass is 9.87. The molecule has 5 nitrogen and oxygen atoms in total. The number of hydrogen-bond acceptors (Lipinski definition) is 3. The number of aromatic amines is 1. The van der Waals surface area contributed by atoms with Crippen LogP contribution >= 0.6 is 23.2 Å². The summed E-state index contributed by atoms with van der Waals surface area (Å²) in [5, 5.41) is 8.85. The highest BCUT2D eigenvalue weighted by Gasteiger charge is 2.21. The predicted molar refractivity (Wildman–Crippen MR) is 134 cm³/mol. The van der Waals surface area contributed by atoms with Crippen molar-refractivity contribution in [3.05, 3.63) is 93.4 Å². The van der Waals surface area contributed by atoms with Gasteiger partial charge < -0.3 is 4.90 Å². The van der Waals surface area contributed by atoms with E-state index in [1.165, 1.54) is 5.56 Å². The van der Waals surface area contributed by atoms with Crippen LogP contribution in [0.5, 0.6) is 0 Å². The van der Waals surface area contributed by atoms with Crippen molar-refractivity contribution < 1.29 is 4.79 Å². The third kappa shape index (κ3) is 5.37. The summed E-state index contributed by atoms with van der Waals surface area (Å²) in [6, 6.07) is 15.8. The number of nitrogens with one attached hydrogen (secondary N) is 1. The second-order valence-electron chi connectivity index (χ2n) is 9.17. The van der Waals surface area contributed by atoms with Crippen molar-refractivity contribution in [3.63, 3.8) is 0 Å². The normalized spacial score (nSPS) is 11.7. The van der Waals surface area contributed by atoms with Crippen molar-refractivity contribution in [2.24, 2.45) is 0 Å². The molecular weight excluding hydrogens is 455 g/mol. The second kappa shape index (κ2) is 9.54. The zero-order valence-electron chi connectivity index (χ0n) is 18.9. The number of fused-ring (bicyclic) bond motifs is 1. The number of aromatic nitrogens is 3. The molecule has 0 spiro atoms. The van der Waals surface area contributed by atoms with Gasteiger partial charge in [0.05, 0.1) is 21.8 Å². The van der Waals surface area contributed by atoms with Crippen LogP contribution in [0.1, 0.15) is 48.0 Å². The van der Waals surface area contributed by atoms with Crippen LogP contribution in [-0.4, -0.2) is 32.5 Å². The van der Waals surface area contributed by atoms with Gasteiger partial charge >= 0.3 is 0 Å². The molecule has 0 atom stereocenters. The lowest BCUT2D eigenvalue weighted by Crippen LogP contribution is -2.33. The van der Waals surface area contributed by atoms with Gasteiger partial charge in [-0.25, -0.2) is 4.98 Å². The Labute approximate surface area is 203 Å². The summed E-state index contributed by atoms with van der Waals surface area (Å²) < 4.78 is 0. The van der Waals surface area contributed by atoms with Gasteiger partial charge in [-0.1, -0.05) is 74.3 Å². The van der Waals surface area contributed by atoms with Crippen LogP contribution < -0.4 is 0 Å². The van der Waals surface area contributed by atoms with Crippen LogP contribution in [0.25, 0.3) is 10.9 Å². The van der Waals surface area contributed by atoms with E-state index in [1.54, 1.807) is 18.5 Å². The Kier molecular flexibility index (Phi) is 6.73. The van der Waals surface area contributed by atoms with Gasteiger partial charge in [0.2, 0.25) is 0 Å². The molecule has 0 unspecified atom stereocenters. The molecule has 0 bridgehead atoms. The highest BCUT2D eigenvalue weighted by molar-refractivity contribution is 6.42. The number of halogens is 2. The van der Waals surface area contributed by atoms with Gasteiger partial charge in [0.25, 0.3) is 5.91 Å². The maximum absolute atomic E-state index is 13.6. The van der Waals surface area contributed by atoms with Crippen LogP contribution in [0.4, 0.5) is 0 Å². The van der Waals surface area contributed by atoms with Crippen LogP contribution in [0.15, 0.2) is 60.9 Å². The van der Waals surface area contributed by atoms with Crippen molar-refractivity contribution in [1.29, 1.82) is 0 Å². The van der Waals surface area contributed by atoms with Crippen molar-refractivity contribution in [2.75, 3.05) is 6.54 Å². The van der Waals surface area contributed by atoms with E-state index in [0.717, 1.165) is 16.5 Å². The van der Waals surface area contributed by atoms with Gasteiger partial charge in [0.15, 0.2) is 5.69 Å². The van der Waals surface area contributed by atoms with Gasteiger partial charge in [-0.3, -0.25) is 9.89 Å². The first kappa shape index (κ1) is 23.3. The molecule has 0 aliphatic heterocycles. The largest absolute Gasteiger partial charge is 0.333 e. The number of rotatable bonds is 6. The molecule has 33 heavy (non-hydrogen) atoms. The summed E-state index contributed by atoms with van der Waals surface area (Å²) >= 11 is 12.2. The van der Waals surface area contributed by atoms with E-state index < -0.39 is 0 Å². The molecule has 2 aromatic heterocycles. The highest BCUT2D eigenvalue weighted by Crippen LogP contribution is 2.25. The smallest absolute Gasteiger partial charge is 0.275 e. The Hall–Kier alpha value is -2.89. The van der Waals surface area contributed by atoms with Crippen LogP contribution in [0.2, 0.25) is 10.0 Å². The number of carbonyl (C=O) groups is 1. The standard InChI is InChI=1S/C26H26Cl2N4O/c1-26(2,3)20-7-4-18(5-8-20)16-32(13-11-17-6-9-21(27)22(28)14-17)25(33)24-23-19(10-12-29-24)15-30-31-23/h4-10,12,14-15H,11,13,16H2,1-3H3,(H,30,31). The summed E-state index contributed by atoms with van der Waals surface area (Å²) in [6.45, 7) is 7.53. The Morgan fingerprint density at radius 1 is 1.00 bits per heavy atom. The summed E-state index contributed by atoms with van der Waals surface area (Å²) in [7, 11) is 0. The Morgan fingerprint density at radius 2 is 1.73 bits per heavy atom. The lowest BCUT2D eigenvalue weighted by molar-refractivity contribution is 0.0741. The van der Waals surface area contributed by atoms with Gasteiger partial charge in [0, 0.05) is 24.7 Å². The molecule has 170 valence electrons. The van der Waals surface area contributed by atoms with Gasteiger partial charge in [-0.15, -0.1) is 0 Å². The minimum atomic E-state index is -0.148. The van der Waals surface area contributed by atoms with Crippen molar-refractivity contribution in [3.8, 4) is 0 Å². The predicted octanol–water partition coefficient (Wildman–Crippen LogP) is 6.45. The van der Waals surface area contributed by atoms with Crippen LogP contribution in [0.3, 0.4) is 0 Å². The lowest BCUT2D eigenvalue weighted by Gasteiger charge is -2.24. The molecule has 0 saturated carbocycles. The molecule has 1 N–H and O–H groups in total. The molecule has 0 fully saturated rings. The molecule has 2 heterocycles. The third-order valence-electron chi connectivity index (χ3n) is 5.70. The van der Waals surface area contributed by atoms with Gasteiger partial charge in [-0.2, -0.15) is 5.10 Å². The molecule has 0 aliphatic carbocycles. The number of benzene rings is 2. The second-order valence-corrected chi connectivity index (χ2v) is 9.98. The van der Waals surface area contributed by atoms with E-state index in [9.17, 15) is 4.79 Å². The van der Waals surface area contributed by atoms with Crippen molar-refractivity contribution in [1.82, 2.24) is 20.1 Å². The van der Waals surface area contributed by atoms with E-state index in [1.807, 2.05) is 23.1 Å². The first-order valence-corrected chi connectivity index (χ1v) is 11.6. The van der Waals surface area contributed by atoms with Gasteiger partial charge in [-0.05, 0) is 46.7 Å². The van der Waals surface area contributed by atoms with Crippen molar-refractivity contribution in [2.45, 2.75) is 39.2 Å². The zero-order valence-corrected chi connectivity index (χ0v) is 20.4. The molecule has 4 rings (SSSR count). The topological polar surface area (TPSA) is 61.9 Å². The monoisotopic (exact) mass is 480 g/mol. The number of pyridine rings is 1. The number of hydrogen-bond donors (Lipinski definition) is 1. The van der Waals surface area contributed by atoms with E-state index in [0.29, 0.717) is 40.8 Å². The van der Waals surface area contributed by atoms with Crippen molar-refractivity contribution >= 4 is 40.0 Å². The Balaban J connectivity index is 1.61. The van der Waals surface area contributed by atoms with E-state index >= 15 is 0 Å². The molecule has 4 aromatic rings. The summed E-state index contributed by atoms with van der Waals surface area (Å²) in [6.07, 6.45) is 3.97. The van der Waals surface area contributed by atoms with Crippen LogP contribution in [-0.2, 0) is 18.4 Å². The quantitative estimate of drug-likeness (QED) is 0.344. The number of H-pyrrole nitrogens is 1. The van der Waals surface area contributed by atoms with Crippen LogP contribution in [0, 0.1) is 0 Å². The minimum absolute atomic E-state index is 0.0715.